The van der Waals surface area contributed by atoms with Crippen molar-refractivity contribution in [2.75, 3.05) is 24.4 Å². The summed E-state index contributed by atoms with van der Waals surface area (Å²) in [6.45, 7) is 0. The number of fused-ring (bicyclic) bond motifs is 1. The lowest BCUT2D eigenvalue weighted by Gasteiger charge is -2.35. The predicted molar refractivity (Wildman–Crippen MR) is 166 cm³/mol. The molecule has 216 valence electrons. The van der Waals surface area contributed by atoms with Gasteiger partial charge in [0.25, 0.3) is 5.91 Å². The third kappa shape index (κ3) is 5.28. The van der Waals surface area contributed by atoms with Gasteiger partial charge >= 0.3 is 5.97 Å². The van der Waals surface area contributed by atoms with Crippen LogP contribution in [0.15, 0.2) is 108 Å². The van der Waals surface area contributed by atoms with Crippen LogP contribution in [0, 0.1) is 0 Å². The number of nitrogens with zero attached hydrogens (tertiary/aromatic N) is 1. The minimum Gasteiger partial charge on any atom is -0.497 e. The number of nitrogens with one attached hydrogen (secondary N) is 1. The van der Waals surface area contributed by atoms with E-state index in [0.717, 1.165) is 17.0 Å². The zero-order valence-corrected chi connectivity index (χ0v) is 24.4. The summed E-state index contributed by atoms with van der Waals surface area (Å²) in [6, 6.07) is 28.2. The number of ether oxygens (including phenoxy) is 2. The van der Waals surface area contributed by atoms with E-state index in [9.17, 15) is 14.4 Å². The highest BCUT2D eigenvalue weighted by Crippen LogP contribution is 2.48. The molecule has 43 heavy (non-hydrogen) atoms. The molecule has 0 fully saturated rings. The van der Waals surface area contributed by atoms with Crippen LogP contribution in [-0.2, 0) is 9.53 Å². The lowest BCUT2D eigenvalue weighted by Crippen LogP contribution is -2.38. The number of allylic oxidation sites excluding steroid dienone is 1. The lowest BCUT2D eigenvalue weighted by atomic mass is 9.78. The van der Waals surface area contributed by atoms with Gasteiger partial charge in [-0.15, -0.1) is 0 Å². The molecule has 0 saturated carbocycles. The highest BCUT2D eigenvalue weighted by atomic mass is 35.5. The summed E-state index contributed by atoms with van der Waals surface area (Å²) in [5.41, 5.74) is 4.96. The van der Waals surface area contributed by atoms with Crippen molar-refractivity contribution in [2.45, 2.75) is 24.8 Å². The van der Waals surface area contributed by atoms with Crippen molar-refractivity contribution in [3.05, 3.63) is 136 Å². The van der Waals surface area contributed by atoms with Crippen LogP contribution in [0.2, 0.25) is 5.02 Å². The van der Waals surface area contributed by atoms with Crippen LogP contribution in [0.25, 0.3) is 0 Å². The largest absolute Gasteiger partial charge is 0.497 e. The summed E-state index contributed by atoms with van der Waals surface area (Å²) in [5, 5.41) is 3.85. The molecule has 0 unspecified atom stereocenters. The topological polar surface area (TPSA) is 84.9 Å². The monoisotopic (exact) mass is 592 g/mol. The molecule has 1 aliphatic carbocycles. The van der Waals surface area contributed by atoms with Crippen molar-refractivity contribution < 1.29 is 23.9 Å². The number of ketones is 1. The summed E-state index contributed by atoms with van der Waals surface area (Å²) in [7, 11) is 2.95. The van der Waals surface area contributed by atoms with E-state index in [0.29, 0.717) is 45.1 Å². The molecule has 6 rings (SSSR count). The van der Waals surface area contributed by atoms with Crippen molar-refractivity contribution in [1.82, 2.24) is 0 Å². The molecule has 1 heterocycles. The minimum atomic E-state index is -0.786. The number of benzene rings is 4. The van der Waals surface area contributed by atoms with Crippen LogP contribution >= 0.6 is 11.6 Å². The molecular formula is C35H29ClN2O5. The first-order valence-electron chi connectivity index (χ1n) is 13.9. The molecular weight excluding hydrogens is 564 g/mol. The maximum atomic E-state index is 14.5. The first-order valence-corrected chi connectivity index (χ1v) is 14.3. The van der Waals surface area contributed by atoms with E-state index >= 15 is 0 Å². The Kier molecular flexibility index (Phi) is 7.74. The fourth-order valence-electron chi connectivity index (χ4n) is 5.92. The SMILES string of the molecule is COC(=O)c1ccc([C@@H]2C3=C(C[C@H](c4ccc(OC)cc4)CC3=O)Nc3ccccc3N2C(=O)c2ccccc2Cl)cc1. The molecule has 7 nitrogen and oxygen atoms in total. The summed E-state index contributed by atoms with van der Waals surface area (Å²) in [4.78, 5) is 42.6. The van der Waals surface area contributed by atoms with Crippen LogP contribution < -0.4 is 15.0 Å². The third-order valence-corrected chi connectivity index (χ3v) is 8.38. The van der Waals surface area contributed by atoms with E-state index in [-0.39, 0.29) is 24.0 Å². The Labute approximate surface area is 254 Å². The Morgan fingerprint density at radius 3 is 2.21 bits per heavy atom. The third-order valence-electron chi connectivity index (χ3n) is 8.05. The molecule has 2 aliphatic rings. The minimum absolute atomic E-state index is 0.0648. The van der Waals surface area contributed by atoms with Gasteiger partial charge in [0, 0.05) is 17.7 Å². The van der Waals surface area contributed by atoms with Gasteiger partial charge in [0.15, 0.2) is 5.78 Å². The van der Waals surface area contributed by atoms with Gasteiger partial charge in [-0.1, -0.05) is 60.1 Å². The zero-order chi connectivity index (χ0) is 30.1. The Morgan fingerprint density at radius 2 is 1.51 bits per heavy atom. The van der Waals surface area contributed by atoms with E-state index in [1.165, 1.54) is 7.11 Å². The highest BCUT2D eigenvalue weighted by molar-refractivity contribution is 6.34. The van der Waals surface area contributed by atoms with Crippen LogP contribution in [0.3, 0.4) is 0 Å². The van der Waals surface area contributed by atoms with Crippen molar-refractivity contribution >= 4 is 40.6 Å². The molecule has 1 amide bonds. The van der Waals surface area contributed by atoms with Crippen LogP contribution in [0.5, 0.6) is 5.75 Å². The quantitative estimate of drug-likeness (QED) is 0.244. The zero-order valence-electron chi connectivity index (χ0n) is 23.7. The number of Topliss-reactive ketones (excluding diaryl/α,β-unsaturated/α-hetero) is 1. The average Bonchev–Trinajstić information content (AvgIpc) is 3.19. The van der Waals surface area contributed by atoms with Crippen molar-refractivity contribution in [1.29, 1.82) is 0 Å². The Bertz CT molecular complexity index is 1750. The Morgan fingerprint density at radius 1 is 0.837 bits per heavy atom. The number of rotatable bonds is 5. The van der Waals surface area contributed by atoms with Crippen molar-refractivity contribution in [3.8, 4) is 5.75 Å². The fraction of sp³-hybridized carbons (Fsp3) is 0.171. The van der Waals surface area contributed by atoms with Gasteiger partial charge in [-0.05, 0) is 72.0 Å². The lowest BCUT2D eigenvalue weighted by molar-refractivity contribution is -0.116. The number of carbonyl (C=O) groups excluding carboxylic acids is 3. The molecule has 8 heteroatoms. The van der Waals surface area contributed by atoms with Gasteiger partial charge < -0.3 is 14.8 Å². The molecule has 0 saturated heterocycles. The van der Waals surface area contributed by atoms with E-state index in [2.05, 4.69) is 5.32 Å². The summed E-state index contributed by atoms with van der Waals surface area (Å²) < 4.78 is 10.2. The first-order chi connectivity index (χ1) is 20.9. The van der Waals surface area contributed by atoms with Crippen molar-refractivity contribution in [3.63, 3.8) is 0 Å². The van der Waals surface area contributed by atoms with Gasteiger partial charge in [-0.2, -0.15) is 0 Å². The molecule has 0 aromatic heterocycles. The van der Waals surface area contributed by atoms with Gasteiger partial charge in [0.1, 0.15) is 5.75 Å². The van der Waals surface area contributed by atoms with Crippen LogP contribution in [-0.4, -0.2) is 31.9 Å². The molecule has 4 aromatic carbocycles. The van der Waals surface area contributed by atoms with Crippen molar-refractivity contribution in [2.24, 2.45) is 0 Å². The maximum absolute atomic E-state index is 14.5. The number of hydrogen-bond acceptors (Lipinski definition) is 6. The number of carbonyl (C=O) groups is 3. The Balaban J connectivity index is 1.54. The summed E-state index contributed by atoms with van der Waals surface area (Å²) in [6.07, 6.45) is 0.834. The number of halogens is 1. The summed E-state index contributed by atoms with van der Waals surface area (Å²) >= 11 is 6.54. The number of anilines is 2. The van der Waals surface area contributed by atoms with E-state index < -0.39 is 12.0 Å². The molecule has 0 spiro atoms. The fourth-order valence-corrected chi connectivity index (χ4v) is 6.14. The molecule has 0 radical (unpaired) electrons. The molecule has 4 aromatic rings. The number of esters is 1. The molecule has 1 aliphatic heterocycles. The standard InChI is InChI=1S/C35H29ClN2O5/c1-42-25-17-15-21(16-18-25)24-19-29-32(31(39)20-24)33(22-11-13-23(14-12-22)35(41)43-2)38(30-10-6-5-9-28(30)37-29)34(40)26-7-3-4-8-27(26)36/h3-18,24,33,37H,19-20H2,1-2H3/t24-,33+/m0/s1. The van der Waals surface area contributed by atoms with E-state index in [1.54, 1.807) is 60.5 Å². The van der Waals surface area contributed by atoms with Gasteiger partial charge in [0.05, 0.1) is 47.8 Å². The number of methoxy groups -OCH3 is 2. The maximum Gasteiger partial charge on any atom is 0.337 e. The smallest absolute Gasteiger partial charge is 0.337 e. The second-order valence-electron chi connectivity index (χ2n) is 10.5. The highest BCUT2D eigenvalue weighted by Gasteiger charge is 2.42. The van der Waals surface area contributed by atoms with E-state index in [4.69, 9.17) is 21.1 Å². The first kappa shape index (κ1) is 28.2. The number of amides is 1. The second kappa shape index (κ2) is 11.8. The second-order valence-corrected chi connectivity index (χ2v) is 10.9. The summed E-state index contributed by atoms with van der Waals surface area (Å²) in [5.74, 6) is -0.206. The average molecular weight is 593 g/mol. The van der Waals surface area contributed by atoms with Crippen LogP contribution in [0.1, 0.15) is 56.6 Å². The Hall–Kier alpha value is -4.88. The van der Waals surface area contributed by atoms with E-state index in [1.807, 2.05) is 48.5 Å². The molecule has 1 N–H and O–H groups in total. The normalized spacial score (nSPS) is 17.7. The van der Waals surface area contributed by atoms with Gasteiger partial charge in [0.2, 0.25) is 0 Å². The van der Waals surface area contributed by atoms with Gasteiger partial charge in [-0.3, -0.25) is 14.5 Å². The molecule has 2 atom stereocenters. The predicted octanol–water partition coefficient (Wildman–Crippen LogP) is 7.35. The number of hydrogen-bond donors (Lipinski definition) is 1. The molecule has 0 bridgehead atoms. The van der Waals surface area contributed by atoms with Crippen LogP contribution in [0.4, 0.5) is 11.4 Å². The number of para-hydroxylation sites is 2. The van der Waals surface area contributed by atoms with Gasteiger partial charge in [-0.25, -0.2) is 4.79 Å².